The highest BCUT2D eigenvalue weighted by molar-refractivity contribution is 7.16. The number of nitrogens with zero attached hydrogens (tertiary/aromatic N) is 1. The van der Waals surface area contributed by atoms with Gasteiger partial charge in [-0.15, -0.1) is 11.3 Å². The Kier molecular flexibility index (Phi) is 4.27. The molecule has 5 nitrogen and oxygen atoms in total. The Morgan fingerprint density at radius 2 is 2.50 bits per heavy atom. The van der Waals surface area contributed by atoms with Crippen LogP contribution in [0.1, 0.15) is 40.8 Å². The van der Waals surface area contributed by atoms with Crippen molar-refractivity contribution in [2.45, 2.75) is 32.2 Å². The molecular formula is C16H17N3O2S. The van der Waals surface area contributed by atoms with Gasteiger partial charge in [-0.05, 0) is 36.1 Å². The maximum Gasteiger partial charge on any atom is 0.225 e. The number of thiophene rings is 1. The summed E-state index contributed by atoms with van der Waals surface area (Å²) >= 11 is 1.50. The van der Waals surface area contributed by atoms with Crippen LogP contribution in [0.2, 0.25) is 0 Å². The lowest BCUT2D eigenvalue weighted by Gasteiger charge is -2.11. The topological polar surface area (TPSA) is 78.1 Å². The Bertz CT molecular complexity index is 713. The van der Waals surface area contributed by atoms with Gasteiger partial charge in [0.2, 0.25) is 5.91 Å². The molecule has 2 aromatic heterocycles. The number of fused-ring (bicyclic) bond motifs is 1. The van der Waals surface area contributed by atoms with Gasteiger partial charge in [-0.3, -0.25) is 4.79 Å². The predicted molar refractivity (Wildman–Crippen MR) is 84.8 cm³/mol. The Morgan fingerprint density at radius 1 is 1.64 bits per heavy atom. The molecule has 0 aromatic carbocycles. The van der Waals surface area contributed by atoms with Crippen molar-refractivity contribution < 1.29 is 9.21 Å². The van der Waals surface area contributed by atoms with E-state index in [0.29, 0.717) is 17.0 Å². The molecule has 114 valence electrons. The first-order valence-corrected chi connectivity index (χ1v) is 8.08. The molecule has 2 N–H and O–H groups in total. The van der Waals surface area contributed by atoms with E-state index in [-0.39, 0.29) is 11.8 Å². The second-order valence-electron chi connectivity index (χ2n) is 5.46. The van der Waals surface area contributed by atoms with Gasteiger partial charge >= 0.3 is 0 Å². The van der Waals surface area contributed by atoms with Gasteiger partial charge in [-0.1, -0.05) is 6.92 Å². The van der Waals surface area contributed by atoms with Crippen LogP contribution in [-0.4, -0.2) is 12.5 Å². The van der Waals surface area contributed by atoms with Crippen molar-refractivity contribution in [2.75, 3.05) is 11.9 Å². The third kappa shape index (κ3) is 2.91. The second-order valence-corrected chi connectivity index (χ2v) is 6.56. The van der Waals surface area contributed by atoms with Crippen LogP contribution in [-0.2, 0) is 17.8 Å². The minimum absolute atomic E-state index is 0.0724. The zero-order valence-electron chi connectivity index (χ0n) is 12.3. The van der Waals surface area contributed by atoms with Crippen molar-refractivity contribution in [1.29, 1.82) is 5.26 Å². The summed E-state index contributed by atoms with van der Waals surface area (Å²) in [5.41, 5.74) is 2.72. The normalized spacial score (nSPS) is 14.9. The molecule has 1 aliphatic rings. The van der Waals surface area contributed by atoms with Crippen LogP contribution in [0.4, 0.5) is 5.00 Å². The van der Waals surface area contributed by atoms with E-state index in [4.69, 9.17) is 4.42 Å². The average molecular weight is 315 g/mol. The van der Waals surface area contributed by atoms with Crippen LogP contribution in [0, 0.1) is 11.3 Å². The third-order valence-electron chi connectivity index (χ3n) is 3.90. The van der Waals surface area contributed by atoms with E-state index in [1.54, 1.807) is 12.5 Å². The van der Waals surface area contributed by atoms with Crippen LogP contribution in [0.25, 0.3) is 0 Å². The van der Waals surface area contributed by atoms with E-state index in [0.717, 1.165) is 35.5 Å². The molecule has 0 spiro atoms. The lowest BCUT2D eigenvalue weighted by Crippen LogP contribution is -2.22. The molecular weight excluding hydrogens is 298 g/mol. The number of carbonyl (C=O) groups excluding carboxylic acids is 1. The molecule has 6 heteroatoms. The fourth-order valence-corrected chi connectivity index (χ4v) is 3.85. The molecule has 0 saturated heterocycles. The molecule has 0 bridgehead atoms. The Labute approximate surface area is 132 Å². The van der Waals surface area contributed by atoms with Crippen LogP contribution in [0.5, 0.6) is 0 Å². The van der Waals surface area contributed by atoms with Crippen molar-refractivity contribution in [2.24, 2.45) is 0 Å². The molecule has 3 rings (SSSR count). The largest absolute Gasteiger partial charge is 0.472 e. The second kappa shape index (κ2) is 6.34. The number of rotatable bonds is 4. The fraction of sp³-hybridized carbons (Fsp3) is 0.375. The lowest BCUT2D eigenvalue weighted by molar-refractivity contribution is -0.116. The first kappa shape index (κ1) is 14.8. The zero-order chi connectivity index (χ0) is 15.5. The number of hydrogen-bond acceptors (Lipinski definition) is 5. The zero-order valence-corrected chi connectivity index (χ0v) is 13.1. The molecule has 2 aromatic rings. The Hall–Kier alpha value is -2.10. The number of furan rings is 1. The summed E-state index contributed by atoms with van der Waals surface area (Å²) in [6, 6.07) is 4.11. The number of amides is 1. The lowest BCUT2D eigenvalue weighted by atomic mass is 10.0. The summed E-state index contributed by atoms with van der Waals surface area (Å²) in [6.07, 6.45) is 4.48. The maximum atomic E-state index is 12.2. The summed E-state index contributed by atoms with van der Waals surface area (Å²) in [5.74, 6) is 0.0114. The summed E-state index contributed by atoms with van der Waals surface area (Å²) in [5, 5.41) is 16.3. The van der Waals surface area contributed by atoms with Gasteiger partial charge < -0.3 is 15.1 Å². The molecule has 1 unspecified atom stereocenters. The number of anilines is 1. The van der Waals surface area contributed by atoms with Crippen LogP contribution in [0.15, 0.2) is 23.0 Å². The Balaban J connectivity index is 1.72. The fourth-order valence-electron chi connectivity index (χ4n) is 2.67. The van der Waals surface area contributed by atoms with Gasteiger partial charge in [0.25, 0.3) is 0 Å². The van der Waals surface area contributed by atoms with E-state index >= 15 is 0 Å². The highest BCUT2D eigenvalue weighted by Gasteiger charge is 2.22. The van der Waals surface area contributed by atoms with Gasteiger partial charge in [0.1, 0.15) is 11.1 Å². The highest BCUT2D eigenvalue weighted by Crippen LogP contribution is 2.35. The van der Waals surface area contributed by atoms with Gasteiger partial charge in [0.15, 0.2) is 0 Å². The minimum Gasteiger partial charge on any atom is -0.472 e. The predicted octanol–water partition coefficient (Wildman–Crippen LogP) is 2.99. The SMILES string of the molecule is CC(CC(=O)Nc1sc2c(c1C#N)CCNC2)c1ccoc1. The number of nitrogens with one attached hydrogen (secondary N) is 2. The van der Waals surface area contributed by atoms with Gasteiger partial charge in [-0.2, -0.15) is 5.26 Å². The molecule has 1 aliphatic heterocycles. The molecule has 0 saturated carbocycles. The Morgan fingerprint density at radius 3 is 3.23 bits per heavy atom. The van der Waals surface area contributed by atoms with E-state index in [9.17, 15) is 10.1 Å². The van der Waals surface area contributed by atoms with E-state index in [2.05, 4.69) is 16.7 Å². The summed E-state index contributed by atoms with van der Waals surface area (Å²) < 4.78 is 5.05. The van der Waals surface area contributed by atoms with E-state index in [1.807, 2.05) is 13.0 Å². The number of nitriles is 1. The van der Waals surface area contributed by atoms with E-state index < -0.39 is 0 Å². The highest BCUT2D eigenvalue weighted by atomic mass is 32.1. The smallest absolute Gasteiger partial charge is 0.225 e. The molecule has 0 fully saturated rings. The molecule has 0 radical (unpaired) electrons. The summed E-state index contributed by atoms with van der Waals surface area (Å²) in [6.45, 7) is 3.64. The van der Waals surface area contributed by atoms with Gasteiger partial charge in [-0.25, -0.2) is 0 Å². The number of hydrogen-bond donors (Lipinski definition) is 2. The first-order chi connectivity index (χ1) is 10.7. The van der Waals surface area contributed by atoms with Gasteiger partial charge in [0, 0.05) is 17.8 Å². The van der Waals surface area contributed by atoms with E-state index in [1.165, 1.54) is 11.3 Å². The van der Waals surface area contributed by atoms with Crippen LogP contribution < -0.4 is 10.6 Å². The monoisotopic (exact) mass is 315 g/mol. The summed E-state index contributed by atoms with van der Waals surface area (Å²) in [4.78, 5) is 13.4. The number of carbonyl (C=O) groups is 1. The third-order valence-corrected chi connectivity index (χ3v) is 5.04. The summed E-state index contributed by atoms with van der Waals surface area (Å²) in [7, 11) is 0. The molecule has 1 atom stereocenters. The van der Waals surface area contributed by atoms with Crippen LogP contribution in [0.3, 0.4) is 0 Å². The van der Waals surface area contributed by atoms with Crippen molar-refractivity contribution in [3.8, 4) is 6.07 Å². The molecule has 1 amide bonds. The molecule has 0 aliphatic carbocycles. The maximum absolute atomic E-state index is 12.2. The first-order valence-electron chi connectivity index (χ1n) is 7.26. The average Bonchev–Trinajstić information content (AvgIpc) is 3.14. The molecule has 3 heterocycles. The van der Waals surface area contributed by atoms with Crippen molar-refractivity contribution in [3.05, 3.63) is 40.2 Å². The van der Waals surface area contributed by atoms with Crippen molar-refractivity contribution in [1.82, 2.24) is 5.32 Å². The quantitative estimate of drug-likeness (QED) is 0.909. The minimum atomic E-state index is -0.0724. The van der Waals surface area contributed by atoms with Crippen molar-refractivity contribution >= 4 is 22.2 Å². The standard InChI is InChI=1S/C16H17N3O2S/c1-10(11-3-5-21-9-11)6-15(20)19-16-13(7-17)12-2-4-18-8-14(12)22-16/h3,5,9-10,18H,2,4,6,8H2,1H3,(H,19,20). The molecule has 22 heavy (non-hydrogen) atoms. The van der Waals surface area contributed by atoms with Crippen LogP contribution >= 0.6 is 11.3 Å². The van der Waals surface area contributed by atoms with Crippen molar-refractivity contribution in [3.63, 3.8) is 0 Å². The van der Waals surface area contributed by atoms with Gasteiger partial charge in [0.05, 0.1) is 18.1 Å².